The van der Waals surface area contributed by atoms with E-state index in [2.05, 4.69) is 0 Å². The van der Waals surface area contributed by atoms with Crippen LogP contribution in [0.1, 0.15) is 6.92 Å². The molecule has 0 saturated carbocycles. The van der Waals surface area contributed by atoms with Crippen molar-refractivity contribution in [2.75, 3.05) is 0 Å². The Bertz CT molecular complexity index is 722. The molecule has 4 nitrogen and oxygen atoms in total. The Morgan fingerprint density at radius 1 is 1.11 bits per heavy atom. The van der Waals surface area contributed by atoms with Gasteiger partial charge in [-0.05, 0) is 12.1 Å². The largest absolute Gasteiger partial charge is 0.426 e. The van der Waals surface area contributed by atoms with Crippen LogP contribution in [0.3, 0.4) is 0 Å². The molecule has 0 aromatic heterocycles. The minimum Gasteiger partial charge on any atom is -0.426 e. The number of hydrogen-bond acceptors (Lipinski definition) is 4. The first kappa shape index (κ1) is 12.9. The molecular weight excluding hydrogens is 276 g/mol. The number of ether oxygens (including phenoxy) is 1. The number of fused-ring (bicyclic) bond motifs is 1. The molecule has 2 rings (SSSR count). The van der Waals surface area contributed by atoms with Gasteiger partial charge in [0.05, 0.1) is 4.90 Å². The quantitative estimate of drug-likeness (QED) is 0.483. The summed E-state index contributed by atoms with van der Waals surface area (Å²) < 4.78 is 27.9. The molecule has 0 aliphatic carbocycles. The van der Waals surface area contributed by atoms with Gasteiger partial charge in [-0.2, -0.15) is 0 Å². The van der Waals surface area contributed by atoms with E-state index < -0.39 is 15.0 Å². The van der Waals surface area contributed by atoms with Gasteiger partial charge < -0.3 is 4.74 Å². The molecule has 94 valence electrons. The summed E-state index contributed by atoms with van der Waals surface area (Å²) in [6.45, 7) is 1.28. The first-order valence-electron chi connectivity index (χ1n) is 5.04. The van der Waals surface area contributed by atoms with Crippen molar-refractivity contribution in [2.45, 2.75) is 11.8 Å². The van der Waals surface area contributed by atoms with E-state index in [1.54, 1.807) is 30.3 Å². The van der Waals surface area contributed by atoms with Gasteiger partial charge in [0, 0.05) is 28.4 Å². The molecular formula is C12H9ClO4S. The van der Waals surface area contributed by atoms with Crippen LogP contribution in [0, 0.1) is 0 Å². The van der Waals surface area contributed by atoms with E-state index in [4.69, 9.17) is 15.4 Å². The van der Waals surface area contributed by atoms with Crippen molar-refractivity contribution in [3.63, 3.8) is 0 Å². The zero-order valence-electron chi connectivity index (χ0n) is 9.38. The highest BCUT2D eigenvalue weighted by molar-refractivity contribution is 8.14. The molecule has 0 aliphatic heterocycles. The molecule has 18 heavy (non-hydrogen) atoms. The van der Waals surface area contributed by atoms with Crippen molar-refractivity contribution < 1.29 is 17.9 Å². The van der Waals surface area contributed by atoms with Gasteiger partial charge in [0.2, 0.25) is 0 Å². The van der Waals surface area contributed by atoms with Crippen molar-refractivity contribution >= 4 is 36.5 Å². The molecule has 2 aromatic carbocycles. The van der Waals surface area contributed by atoms with Crippen molar-refractivity contribution in [1.82, 2.24) is 0 Å². The second-order valence-corrected chi connectivity index (χ2v) is 6.17. The predicted octanol–water partition coefficient (Wildman–Crippen LogP) is 2.69. The van der Waals surface area contributed by atoms with E-state index in [0.29, 0.717) is 16.5 Å². The minimum absolute atomic E-state index is 0.00401. The maximum Gasteiger partial charge on any atom is 0.308 e. The zero-order valence-corrected chi connectivity index (χ0v) is 11.0. The van der Waals surface area contributed by atoms with E-state index in [0.717, 1.165) is 0 Å². The number of carbonyl (C=O) groups excluding carboxylic acids is 1. The van der Waals surface area contributed by atoms with E-state index in [9.17, 15) is 13.2 Å². The normalized spacial score (nSPS) is 11.4. The third-order valence-electron chi connectivity index (χ3n) is 2.36. The van der Waals surface area contributed by atoms with E-state index in [1.807, 2.05) is 0 Å². The highest BCUT2D eigenvalue weighted by atomic mass is 35.7. The fourth-order valence-electron chi connectivity index (χ4n) is 1.71. The van der Waals surface area contributed by atoms with Crippen LogP contribution in [-0.4, -0.2) is 14.4 Å². The standard InChI is InChI=1S/C12H9ClO4S/c1-8(14)17-11-6-2-5-10-9(11)4-3-7-12(10)18(13,15)16/h2-7H,1H3. The Balaban J connectivity index is 2.77. The lowest BCUT2D eigenvalue weighted by atomic mass is 10.1. The second kappa shape index (κ2) is 4.59. The lowest BCUT2D eigenvalue weighted by Gasteiger charge is -2.08. The Morgan fingerprint density at radius 2 is 1.72 bits per heavy atom. The third-order valence-corrected chi connectivity index (χ3v) is 3.74. The highest BCUT2D eigenvalue weighted by Crippen LogP contribution is 2.31. The molecule has 0 unspecified atom stereocenters. The summed E-state index contributed by atoms with van der Waals surface area (Å²) in [5, 5.41) is 0.945. The summed E-state index contributed by atoms with van der Waals surface area (Å²) in [7, 11) is 1.52. The number of hydrogen-bond donors (Lipinski definition) is 0. The number of carbonyl (C=O) groups is 1. The van der Waals surface area contributed by atoms with Crippen LogP contribution in [0.2, 0.25) is 0 Å². The molecule has 0 amide bonds. The van der Waals surface area contributed by atoms with Crippen LogP contribution in [0.5, 0.6) is 5.75 Å². The first-order chi connectivity index (χ1) is 8.39. The summed E-state index contributed by atoms with van der Waals surface area (Å²) in [5.41, 5.74) is 0. The van der Waals surface area contributed by atoms with Crippen molar-refractivity contribution in [3.8, 4) is 5.75 Å². The van der Waals surface area contributed by atoms with Crippen LogP contribution in [0.25, 0.3) is 10.8 Å². The van der Waals surface area contributed by atoms with Crippen LogP contribution >= 0.6 is 10.7 Å². The zero-order chi connectivity index (χ0) is 13.3. The topological polar surface area (TPSA) is 60.4 Å². The summed E-state index contributed by atoms with van der Waals surface area (Å²) in [6.07, 6.45) is 0. The van der Waals surface area contributed by atoms with Crippen molar-refractivity contribution in [2.24, 2.45) is 0 Å². The molecule has 0 spiro atoms. The monoisotopic (exact) mass is 284 g/mol. The average Bonchev–Trinajstić information content (AvgIpc) is 2.26. The summed E-state index contributed by atoms with van der Waals surface area (Å²) in [5.74, 6) is -0.163. The Morgan fingerprint density at radius 3 is 2.33 bits per heavy atom. The minimum atomic E-state index is -3.84. The van der Waals surface area contributed by atoms with Gasteiger partial charge in [-0.25, -0.2) is 8.42 Å². The molecule has 0 radical (unpaired) electrons. The van der Waals surface area contributed by atoms with E-state index >= 15 is 0 Å². The van der Waals surface area contributed by atoms with Gasteiger partial charge in [0.1, 0.15) is 5.75 Å². The van der Waals surface area contributed by atoms with Gasteiger partial charge in [-0.15, -0.1) is 0 Å². The van der Waals surface area contributed by atoms with Gasteiger partial charge in [-0.3, -0.25) is 4.79 Å². The Hall–Kier alpha value is -1.59. The maximum absolute atomic E-state index is 11.4. The van der Waals surface area contributed by atoms with Gasteiger partial charge in [0.15, 0.2) is 0 Å². The fraction of sp³-hybridized carbons (Fsp3) is 0.0833. The molecule has 2 aromatic rings. The molecule has 0 bridgehead atoms. The summed E-state index contributed by atoms with van der Waals surface area (Å²) >= 11 is 0. The highest BCUT2D eigenvalue weighted by Gasteiger charge is 2.15. The summed E-state index contributed by atoms with van der Waals surface area (Å²) in [4.78, 5) is 11.0. The van der Waals surface area contributed by atoms with Gasteiger partial charge >= 0.3 is 5.97 Å². The van der Waals surface area contributed by atoms with E-state index in [-0.39, 0.29) is 4.90 Å². The van der Waals surface area contributed by atoms with Gasteiger partial charge in [-0.1, -0.05) is 24.3 Å². The lowest BCUT2D eigenvalue weighted by Crippen LogP contribution is -2.02. The lowest BCUT2D eigenvalue weighted by molar-refractivity contribution is -0.131. The molecule has 0 heterocycles. The predicted molar refractivity (Wildman–Crippen MR) is 68.3 cm³/mol. The SMILES string of the molecule is CC(=O)Oc1cccc2c(S(=O)(=O)Cl)cccc12. The third kappa shape index (κ3) is 2.47. The summed E-state index contributed by atoms with van der Waals surface area (Å²) in [6, 6.07) is 9.42. The number of esters is 1. The maximum atomic E-state index is 11.4. The van der Waals surface area contributed by atoms with Crippen LogP contribution in [0.4, 0.5) is 0 Å². The van der Waals surface area contributed by atoms with Gasteiger partial charge in [0.25, 0.3) is 9.05 Å². The van der Waals surface area contributed by atoms with Crippen molar-refractivity contribution in [3.05, 3.63) is 36.4 Å². The van der Waals surface area contributed by atoms with Crippen LogP contribution in [0.15, 0.2) is 41.3 Å². The molecule has 0 atom stereocenters. The fourth-order valence-corrected chi connectivity index (χ4v) is 2.79. The van der Waals surface area contributed by atoms with Crippen LogP contribution < -0.4 is 4.74 Å². The van der Waals surface area contributed by atoms with Crippen LogP contribution in [-0.2, 0) is 13.8 Å². The number of benzene rings is 2. The van der Waals surface area contributed by atoms with E-state index in [1.165, 1.54) is 13.0 Å². The second-order valence-electron chi connectivity index (χ2n) is 3.64. The number of halogens is 1. The first-order valence-corrected chi connectivity index (χ1v) is 7.35. The molecule has 6 heteroatoms. The number of rotatable bonds is 2. The molecule has 0 aliphatic rings. The Kier molecular flexibility index (Phi) is 3.28. The van der Waals surface area contributed by atoms with Crippen molar-refractivity contribution in [1.29, 1.82) is 0 Å². The Labute approximate surface area is 109 Å². The molecule has 0 saturated heterocycles. The smallest absolute Gasteiger partial charge is 0.308 e. The average molecular weight is 285 g/mol. The molecule has 0 fully saturated rings. The molecule has 0 N–H and O–H groups in total.